The first kappa shape index (κ1) is 15.0. The summed E-state index contributed by atoms with van der Waals surface area (Å²) in [6.07, 6.45) is 6.37. The Balaban J connectivity index is 1.86. The predicted octanol–water partition coefficient (Wildman–Crippen LogP) is 2.74. The number of hydrogen-bond donors (Lipinski definition) is 1. The fourth-order valence-corrected chi connectivity index (χ4v) is 3.11. The molecular weight excluding hydrogens is 248 g/mol. The molecule has 2 rings (SSSR count). The lowest BCUT2D eigenvalue weighted by Crippen LogP contribution is -2.48. The third-order valence-electron chi connectivity index (χ3n) is 4.29. The molecular formula is C17H26N2O. The van der Waals surface area contributed by atoms with Crippen LogP contribution in [-0.4, -0.2) is 29.4 Å². The number of aryl methyl sites for hydroxylation is 1. The molecule has 20 heavy (non-hydrogen) atoms. The summed E-state index contributed by atoms with van der Waals surface area (Å²) in [5, 5.41) is 0. The van der Waals surface area contributed by atoms with Crippen LogP contribution in [0.1, 0.15) is 44.6 Å². The molecule has 0 radical (unpaired) electrons. The molecule has 2 N–H and O–H groups in total. The summed E-state index contributed by atoms with van der Waals surface area (Å²) in [7, 11) is 0. The van der Waals surface area contributed by atoms with Crippen LogP contribution < -0.4 is 5.73 Å². The molecule has 110 valence electrons. The molecule has 1 aromatic rings. The van der Waals surface area contributed by atoms with Crippen LogP contribution in [0.15, 0.2) is 30.3 Å². The Kier molecular flexibility index (Phi) is 5.60. The Morgan fingerprint density at radius 3 is 2.55 bits per heavy atom. The molecule has 0 saturated heterocycles. The third-order valence-corrected chi connectivity index (χ3v) is 4.29. The molecule has 1 aliphatic rings. The van der Waals surface area contributed by atoms with E-state index in [1.807, 2.05) is 23.1 Å². The van der Waals surface area contributed by atoms with Crippen molar-refractivity contribution < 1.29 is 4.79 Å². The molecule has 1 saturated carbocycles. The number of likely N-dealkylation sites (N-methyl/N-ethyl adjacent to an activating group) is 1. The van der Waals surface area contributed by atoms with E-state index in [2.05, 4.69) is 19.1 Å². The summed E-state index contributed by atoms with van der Waals surface area (Å²) in [5.41, 5.74) is 7.37. The van der Waals surface area contributed by atoms with Crippen LogP contribution >= 0.6 is 0 Å². The fraction of sp³-hybridized carbons (Fsp3) is 0.588. The fourth-order valence-electron chi connectivity index (χ4n) is 3.11. The standard InChI is InChI=1S/C17H26N2O/c1-2-19(15-10-6-7-11-15)17(20)16(18)13-12-14-8-4-3-5-9-14/h3-5,8-9,15-16H,2,6-7,10-13,18H2,1H3. The van der Waals surface area contributed by atoms with Gasteiger partial charge in [-0.3, -0.25) is 4.79 Å². The van der Waals surface area contributed by atoms with Crippen LogP contribution in [0.25, 0.3) is 0 Å². The topological polar surface area (TPSA) is 46.3 Å². The molecule has 3 heteroatoms. The number of hydrogen-bond acceptors (Lipinski definition) is 2. The molecule has 1 amide bonds. The van der Waals surface area contributed by atoms with Crippen LogP contribution in [0.2, 0.25) is 0 Å². The highest BCUT2D eigenvalue weighted by Crippen LogP contribution is 2.24. The van der Waals surface area contributed by atoms with Gasteiger partial charge in [-0.05, 0) is 38.2 Å². The zero-order valence-corrected chi connectivity index (χ0v) is 12.4. The molecule has 0 aliphatic heterocycles. The van der Waals surface area contributed by atoms with Crippen molar-refractivity contribution in [3.05, 3.63) is 35.9 Å². The zero-order valence-electron chi connectivity index (χ0n) is 12.4. The second-order valence-electron chi connectivity index (χ2n) is 5.69. The highest BCUT2D eigenvalue weighted by atomic mass is 16.2. The SMILES string of the molecule is CCN(C(=O)C(N)CCc1ccccc1)C1CCCC1. The van der Waals surface area contributed by atoms with Gasteiger partial charge in [0.25, 0.3) is 0 Å². The van der Waals surface area contributed by atoms with Crippen molar-refractivity contribution in [2.24, 2.45) is 5.73 Å². The maximum absolute atomic E-state index is 12.5. The third kappa shape index (κ3) is 3.83. The summed E-state index contributed by atoms with van der Waals surface area (Å²) in [6.45, 7) is 2.84. The smallest absolute Gasteiger partial charge is 0.239 e. The van der Waals surface area contributed by atoms with Crippen LogP contribution in [0.5, 0.6) is 0 Å². The number of benzene rings is 1. The lowest BCUT2D eigenvalue weighted by molar-refractivity contribution is -0.134. The molecule has 1 aliphatic carbocycles. The monoisotopic (exact) mass is 274 g/mol. The minimum Gasteiger partial charge on any atom is -0.339 e. The zero-order chi connectivity index (χ0) is 14.4. The highest BCUT2D eigenvalue weighted by Gasteiger charge is 2.28. The molecule has 1 fully saturated rings. The van der Waals surface area contributed by atoms with Gasteiger partial charge >= 0.3 is 0 Å². The number of rotatable bonds is 6. The molecule has 0 bridgehead atoms. The van der Waals surface area contributed by atoms with Crippen molar-refractivity contribution in [1.82, 2.24) is 4.90 Å². The number of carbonyl (C=O) groups is 1. The molecule has 1 aromatic carbocycles. The molecule has 0 heterocycles. The summed E-state index contributed by atoms with van der Waals surface area (Å²) in [6, 6.07) is 10.3. The molecule has 1 atom stereocenters. The van der Waals surface area contributed by atoms with Crippen LogP contribution in [-0.2, 0) is 11.2 Å². The van der Waals surface area contributed by atoms with E-state index < -0.39 is 0 Å². The Labute approximate surface area is 122 Å². The van der Waals surface area contributed by atoms with E-state index >= 15 is 0 Å². The van der Waals surface area contributed by atoms with Gasteiger partial charge in [0.2, 0.25) is 5.91 Å². The lowest BCUT2D eigenvalue weighted by Gasteiger charge is -2.30. The van der Waals surface area contributed by atoms with E-state index in [1.165, 1.54) is 18.4 Å². The molecule has 3 nitrogen and oxygen atoms in total. The second-order valence-corrected chi connectivity index (χ2v) is 5.69. The minimum absolute atomic E-state index is 0.135. The Morgan fingerprint density at radius 2 is 1.95 bits per heavy atom. The van der Waals surface area contributed by atoms with Crippen molar-refractivity contribution >= 4 is 5.91 Å². The quantitative estimate of drug-likeness (QED) is 0.867. The van der Waals surface area contributed by atoms with Crippen molar-refractivity contribution in [3.8, 4) is 0 Å². The summed E-state index contributed by atoms with van der Waals surface area (Å²) >= 11 is 0. The Bertz CT molecular complexity index is 412. The van der Waals surface area contributed by atoms with E-state index in [9.17, 15) is 4.79 Å². The van der Waals surface area contributed by atoms with Gasteiger partial charge in [0.05, 0.1) is 6.04 Å². The van der Waals surface area contributed by atoms with Crippen molar-refractivity contribution in [3.63, 3.8) is 0 Å². The average Bonchev–Trinajstić information content (AvgIpc) is 3.00. The van der Waals surface area contributed by atoms with Crippen LogP contribution in [0.3, 0.4) is 0 Å². The van der Waals surface area contributed by atoms with Crippen molar-refractivity contribution in [2.45, 2.75) is 57.5 Å². The second kappa shape index (κ2) is 7.44. The van der Waals surface area contributed by atoms with Gasteiger partial charge in [-0.2, -0.15) is 0 Å². The number of carbonyl (C=O) groups excluding carboxylic acids is 1. The van der Waals surface area contributed by atoms with E-state index in [-0.39, 0.29) is 11.9 Å². The number of amides is 1. The highest BCUT2D eigenvalue weighted by molar-refractivity contribution is 5.82. The number of nitrogens with zero attached hydrogens (tertiary/aromatic N) is 1. The van der Waals surface area contributed by atoms with Gasteiger partial charge in [0.15, 0.2) is 0 Å². The summed E-state index contributed by atoms with van der Waals surface area (Å²) in [5.74, 6) is 0.135. The van der Waals surface area contributed by atoms with Crippen LogP contribution in [0, 0.1) is 0 Å². The summed E-state index contributed by atoms with van der Waals surface area (Å²) in [4.78, 5) is 14.5. The maximum atomic E-state index is 12.5. The van der Waals surface area contributed by atoms with E-state index in [1.54, 1.807) is 0 Å². The molecule has 1 unspecified atom stereocenters. The molecule has 0 spiro atoms. The predicted molar refractivity (Wildman–Crippen MR) is 82.4 cm³/mol. The van der Waals surface area contributed by atoms with Gasteiger partial charge in [0, 0.05) is 12.6 Å². The molecule has 0 aromatic heterocycles. The van der Waals surface area contributed by atoms with Crippen molar-refractivity contribution in [1.29, 1.82) is 0 Å². The largest absolute Gasteiger partial charge is 0.339 e. The van der Waals surface area contributed by atoms with Crippen LogP contribution in [0.4, 0.5) is 0 Å². The first-order valence-electron chi connectivity index (χ1n) is 7.82. The van der Waals surface area contributed by atoms with E-state index in [0.717, 1.165) is 32.2 Å². The van der Waals surface area contributed by atoms with Crippen molar-refractivity contribution in [2.75, 3.05) is 6.54 Å². The summed E-state index contributed by atoms with van der Waals surface area (Å²) < 4.78 is 0. The van der Waals surface area contributed by atoms with Gasteiger partial charge in [0.1, 0.15) is 0 Å². The first-order chi connectivity index (χ1) is 9.72. The van der Waals surface area contributed by atoms with Gasteiger partial charge in [-0.15, -0.1) is 0 Å². The van der Waals surface area contributed by atoms with E-state index in [0.29, 0.717) is 6.04 Å². The average molecular weight is 274 g/mol. The maximum Gasteiger partial charge on any atom is 0.239 e. The Hall–Kier alpha value is -1.35. The first-order valence-corrected chi connectivity index (χ1v) is 7.82. The lowest BCUT2D eigenvalue weighted by atomic mass is 10.0. The normalized spacial score (nSPS) is 17.1. The van der Waals surface area contributed by atoms with E-state index in [4.69, 9.17) is 5.73 Å². The Morgan fingerprint density at radius 1 is 1.30 bits per heavy atom. The van der Waals surface area contributed by atoms with Gasteiger partial charge in [-0.25, -0.2) is 0 Å². The van der Waals surface area contributed by atoms with Gasteiger partial charge in [-0.1, -0.05) is 43.2 Å². The number of nitrogens with two attached hydrogens (primary N) is 1. The van der Waals surface area contributed by atoms with Gasteiger partial charge < -0.3 is 10.6 Å². The minimum atomic E-state index is -0.365.